The first kappa shape index (κ1) is 42.6. The number of carbonyl (C=O) groups is 1. The van der Waals surface area contributed by atoms with Gasteiger partial charge in [-0.25, -0.2) is 0 Å². The van der Waals surface area contributed by atoms with E-state index in [1.165, 1.54) is 121 Å². The van der Waals surface area contributed by atoms with Gasteiger partial charge in [0.1, 0.15) is 0 Å². The number of pyridine rings is 2. The number of nitrogens with zero attached hydrogens (tertiary/aromatic N) is 2. The zero-order valence-electron chi connectivity index (χ0n) is 29.6. The van der Waals surface area contributed by atoms with E-state index in [1.54, 1.807) is 0 Å². The van der Waals surface area contributed by atoms with Crippen LogP contribution in [0.3, 0.4) is 0 Å². The second-order valence-corrected chi connectivity index (χ2v) is 12.1. The molecule has 0 aliphatic carbocycles. The van der Waals surface area contributed by atoms with Gasteiger partial charge in [-0.3, -0.25) is 4.79 Å². The van der Waals surface area contributed by atoms with Crippen LogP contribution in [0.2, 0.25) is 0 Å². The molecule has 0 saturated heterocycles. The Morgan fingerprint density at radius 1 is 0.625 bits per heavy atom. The van der Waals surface area contributed by atoms with Gasteiger partial charge >= 0.3 is 0 Å². The molecule has 0 saturated carbocycles. The van der Waals surface area contributed by atoms with E-state index in [-0.39, 0.29) is 31.6 Å². The fourth-order valence-corrected chi connectivity index (χ4v) is 5.10. The Hall–Kier alpha value is -3.40. The van der Waals surface area contributed by atoms with Gasteiger partial charge in [0.05, 0.1) is 5.76 Å². The molecular weight excluding hydrogens is 769 g/mol. The van der Waals surface area contributed by atoms with Crippen LogP contribution in [0.15, 0.2) is 97.0 Å². The van der Waals surface area contributed by atoms with Crippen molar-refractivity contribution >= 4 is 5.78 Å². The van der Waals surface area contributed by atoms with Crippen LogP contribution < -0.4 is 0 Å². The standard InChI is InChI=1S/2C19H24N.C5H8O2.Ir/c2*1-2-3-4-5-6-7-10-17-12-14-18(15-13-17)19-11-8-9-16-20-19;1-4(6)3-5(2)7;/h2*8-9,11-14,16H,2-7,10H2,1H3;3,6H,1-2H3;/q2*-1;;/b;;4-3-;. The van der Waals surface area contributed by atoms with Crippen LogP contribution in [-0.2, 0) is 37.7 Å². The van der Waals surface area contributed by atoms with Gasteiger partial charge in [0.25, 0.3) is 0 Å². The molecule has 0 amide bonds. The third-order valence-corrected chi connectivity index (χ3v) is 7.69. The number of carbonyl (C=O) groups excluding carboxylic acids is 1. The van der Waals surface area contributed by atoms with Crippen molar-refractivity contribution < 1.29 is 30.0 Å². The first-order chi connectivity index (χ1) is 22.9. The molecule has 2 heterocycles. The maximum Gasteiger partial charge on any atom is 0.155 e. The number of rotatable bonds is 17. The van der Waals surface area contributed by atoms with Gasteiger partial charge in [-0.15, -0.1) is 70.8 Å². The van der Waals surface area contributed by atoms with E-state index in [0.29, 0.717) is 0 Å². The Morgan fingerprint density at radius 2 is 1.04 bits per heavy atom. The predicted molar refractivity (Wildman–Crippen MR) is 198 cm³/mol. The van der Waals surface area contributed by atoms with Gasteiger partial charge in [0.2, 0.25) is 0 Å². The zero-order chi connectivity index (χ0) is 34.0. The summed E-state index contributed by atoms with van der Waals surface area (Å²) in [5, 5.41) is 8.36. The summed E-state index contributed by atoms with van der Waals surface area (Å²) in [5.41, 5.74) is 6.94. The molecular formula is C43H56IrN2O2-2. The second kappa shape index (κ2) is 27.5. The number of aromatic nitrogens is 2. The number of hydrogen-bond acceptors (Lipinski definition) is 4. The number of aliphatic hydroxyl groups is 1. The largest absolute Gasteiger partial charge is 0.512 e. The molecule has 0 bridgehead atoms. The topological polar surface area (TPSA) is 63.1 Å². The summed E-state index contributed by atoms with van der Waals surface area (Å²) in [6, 6.07) is 31.6. The number of benzene rings is 2. The molecule has 1 radical (unpaired) electrons. The van der Waals surface area contributed by atoms with E-state index in [0.717, 1.165) is 22.5 Å². The second-order valence-electron chi connectivity index (χ2n) is 12.1. The summed E-state index contributed by atoms with van der Waals surface area (Å²) in [5.74, 6) is -0.0625. The summed E-state index contributed by atoms with van der Waals surface area (Å²) in [6.45, 7) is 7.37. The van der Waals surface area contributed by atoms with Crippen molar-refractivity contribution in [1.82, 2.24) is 9.97 Å². The van der Waals surface area contributed by atoms with Gasteiger partial charge in [-0.2, -0.15) is 0 Å². The van der Waals surface area contributed by atoms with Crippen molar-refractivity contribution in [2.75, 3.05) is 0 Å². The Morgan fingerprint density at radius 3 is 1.33 bits per heavy atom. The smallest absolute Gasteiger partial charge is 0.155 e. The monoisotopic (exact) mass is 825 g/mol. The molecule has 1 N–H and O–H groups in total. The van der Waals surface area contributed by atoms with Gasteiger partial charge in [0, 0.05) is 38.6 Å². The predicted octanol–water partition coefficient (Wildman–Crippen LogP) is 11.9. The molecule has 0 unspecified atom stereocenters. The first-order valence-electron chi connectivity index (χ1n) is 17.6. The fourth-order valence-electron chi connectivity index (χ4n) is 5.10. The molecule has 261 valence electrons. The summed E-state index contributed by atoms with van der Waals surface area (Å²) in [7, 11) is 0. The summed E-state index contributed by atoms with van der Waals surface area (Å²) >= 11 is 0. The number of unbranched alkanes of at least 4 members (excludes halogenated alkanes) is 10. The number of aliphatic hydroxyl groups excluding tert-OH is 1. The van der Waals surface area contributed by atoms with Crippen molar-refractivity contribution in [3.63, 3.8) is 0 Å². The van der Waals surface area contributed by atoms with Crippen LogP contribution >= 0.6 is 0 Å². The van der Waals surface area contributed by atoms with E-state index in [2.05, 4.69) is 72.3 Å². The minimum Gasteiger partial charge on any atom is -0.512 e. The molecule has 0 spiro atoms. The zero-order valence-corrected chi connectivity index (χ0v) is 32.0. The van der Waals surface area contributed by atoms with E-state index >= 15 is 0 Å². The summed E-state index contributed by atoms with van der Waals surface area (Å²) in [6.07, 6.45) is 23.4. The minimum atomic E-state index is -0.125. The van der Waals surface area contributed by atoms with Crippen molar-refractivity contribution in [3.8, 4) is 22.5 Å². The number of allylic oxidation sites excluding steroid dienone is 2. The Balaban J connectivity index is 0.000000395. The Labute approximate surface area is 304 Å². The van der Waals surface area contributed by atoms with Gasteiger partial charge in [0.15, 0.2) is 5.78 Å². The molecule has 48 heavy (non-hydrogen) atoms. The molecule has 0 aliphatic heterocycles. The number of hydrogen-bond donors (Lipinski definition) is 1. The van der Waals surface area contributed by atoms with Crippen LogP contribution in [0.5, 0.6) is 0 Å². The van der Waals surface area contributed by atoms with E-state index < -0.39 is 0 Å². The summed E-state index contributed by atoms with van der Waals surface area (Å²) in [4.78, 5) is 18.7. The number of ketones is 1. The maximum absolute atomic E-state index is 10.0. The van der Waals surface area contributed by atoms with Crippen LogP contribution in [0.1, 0.15) is 116 Å². The van der Waals surface area contributed by atoms with Gasteiger partial charge < -0.3 is 15.1 Å². The molecule has 2 aromatic carbocycles. The van der Waals surface area contributed by atoms with Crippen LogP contribution in [0.4, 0.5) is 0 Å². The maximum atomic E-state index is 10.0. The van der Waals surface area contributed by atoms with Crippen molar-refractivity contribution in [2.24, 2.45) is 0 Å². The van der Waals surface area contributed by atoms with E-state index in [1.807, 2.05) is 48.8 Å². The Bertz CT molecular complexity index is 1270. The van der Waals surface area contributed by atoms with Crippen molar-refractivity contribution in [3.05, 3.63) is 120 Å². The molecule has 0 aliphatic rings. The van der Waals surface area contributed by atoms with Crippen LogP contribution in [-0.4, -0.2) is 20.9 Å². The quantitative estimate of drug-likeness (QED) is 0.0499. The molecule has 0 atom stereocenters. The Kier molecular flexibility index (Phi) is 24.5. The van der Waals surface area contributed by atoms with Crippen LogP contribution in [0, 0.1) is 12.1 Å². The molecule has 2 aromatic heterocycles. The fraction of sp³-hybridized carbons (Fsp3) is 0.419. The molecule has 4 nitrogen and oxygen atoms in total. The molecule has 5 heteroatoms. The average molecular weight is 825 g/mol. The van der Waals surface area contributed by atoms with E-state index in [4.69, 9.17) is 5.11 Å². The molecule has 4 aromatic rings. The van der Waals surface area contributed by atoms with E-state index in [9.17, 15) is 4.79 Å². The average Bonchev–Trinajstić information content (AvgIpc) is 3.09. The third kappa shape index (κ3) is 20.1. The molecule has 4 rings (SSSR count). The number of aryl methyl sites for hydroxylation is 2. The molecule has 0 fully saturated rings. The first-order valence-corrected chi connectivity index (χ1v) is 17.6. The van der Waals surface area contributed by atoms with Gasteiger partial charge in [-0.1, -0.05) is 128 Å². The third-order valence-electron chi connectivity index (χ3n) is 7.69. The van der Waals surface area contributed by atoms with Gasteiger partial charge in [-0.05, 0) is 37.4 Å². The van der Waals surface area contributed by atoms with Crippen molar-refractivity contribution in [2.45, 2.75) is 118 Å². The minimum absolute atomic E-state index is 0. The summed E-state index contributed by atoms with van der Waals surface area (Å²) < 4.78 is 0. The SMILES string of the molecule is CC(=O)/C=C(/C)O.CCCCCCCCc1c[c-]c(-c2ccccn2)cc1.CCCCCCCCc1c[c-]c(-c2ccccn2)cc1.[Ir]. The normalized spacial score (nSPS) is 10.5. The van der Waals surface area contributed by atoms with Crippen LogP contribution in [0.25, 0.3) is 22.5 Å². The van der Waals surface area contributed by atoms with Crippen molar-refractivity contribution in [1.29, 1.82) is 0 Å².